The van der Waals surface area contributed by atoms with Gasteiger partial charge in [-0.3, -0.25) is 0 Å². The van der Waals surface area contributed by atoms with Crippen LogP contribution in [0.15, 0.2) is 12.1 Å². The number of hydrogen-bond acceptors (Lipinski definition) is 2. The van der Waals surface area contributed by atoms with Crippen LogP contribution in [0.4, 0.5) is 15.8 Å². The molecular formula is C15H18ClFN2. The molecule has 0 bridgehead atoms. The maximum atomic E-state index is 13.8. The monoisotopic (exact) mass is 280 g/mol. The van der Waals surface area contributed by atoms with Crippen molar-refractivity contribution in [1.29, 1.82) is 0 Å². The van der Waals surface area contributed by atoms with E-state index in [0.29, 0.717) is 12.1 Å². The van der Waals surface area contributed by atoms with E-state index in [1.165, 1.54) is 32.1 Å². The number of benzene rings is 1. The maximum absolute atomic E-state index is 13.8. The van der Waals surface area contributed by atoms with E-state index in [0.717, 1.165) is 23.8 Å². The van der Waals surface area contributed by atoms with Gasteiger partial charge in [-0.15, -0.1) is 0 Å². The summed E-state index contributed by atoms with van der Waals surface area (Å²) in [4.78, 5) is 2.48. The van der Waals surface area contributed by atoms with Crippen LogP contribution in [0.1, 0.15) is 32.1 Å². The second-order valence-corrected chi connectivity index (χ2v) is 6.48. The highest BCUT2D eigenvalue weighted by Crippen LogP contribution is 2.47. The van der Waals surface area contributed by atoms with Crippen molar-refractivity contribution >= 4 is 23.0 Å². The molecule has 2 aliphatic heterocycles. The number of hydrogen-bond donors (Lipinski definition) is 1. The molecule has 1 saturated carbocycles. The van der Waals surface area contributed by atoms with Crippen LogP contribution in [0, 0.1) is 11.7 Å². The van der Waals surface area contributed by atoms with Crippen molar-refractivity contribution in [1.82, 2.24) is 0 Å². The molecule has 1 saturated heterocycles. The molecule has 2 heterocycles. The van der Waals surface area contributed by atoms with Crippen molar-refractivity contribution in [3.8, 4) is 0 Å². The summed E-state index contributed by atoms with van der Waals surface area (Å²) in [6.45, 7) is 0.960. The van der Waals surface area contributed by atoms with Gasteiger partial charge in [-0.05, 0) is 31.2 Å². The first-order valence-electron chi connectivity index (χ1n) is 7.25. The molecule has 0 radical (unpaired) electrons. The van der Waals surface area contributed by atoms with Crippen molar-refractivity contribution in [2.24, 2.45) is 5.92 Å². The van der Waals surface area contributed by atoms with Gasteiger partial charge in [0.05, 0.1) is 16.4 Å². The third-order valence-corrected chi connectivity index (χ3v) is 5.33. The fraction of sp³-hybridized carbons (Fsp3) is 0.600. The predicted octanol–water partition coefficient (Wildman–Crippen LogP) is 4.04. The molecule has 1 aromatic carbocycles. The molecule has 102 valence electrons. The van der Waals surface area contributed by atoms with Gasteiger partial charge in [-0.1, -0.05) is 24.4 Å². The normalized spacial score (nSPS) is 32.3. The molecule has 3 aliphatic rings. The van der Waals surface area contributed by atoms with Gasteiger partial charge in [-0.2, -0.15) is 0 Å². The Balaban J connectivity index is 1.77. The highest BCUT2D eigenvalue weighted by molar-refractivity contribution is 6.31. The molecule has 2 nitrogen and oxygen atoms in total. The molecule has 2 fully saturated rings. The summed E-state index contributed by atoms with van der Waals surface area (Å²) in [6.07, 6.45) is 6.51. The Morgan fingerprint density at radius 3 is 3.00 bits per heavy atom. The molecule has 1 aliphatic carbocycles. The Bertz CT molecular complexity index is 519. The highest BCUT2D eigenvalue weighted by atomic mass is 35.5. The lowest BCUT2D eigenvalue weighted by atomic mass is 9.85. The van der Waals surface area contributed by atoms with E-state index in [-0.39, 0.29) is 10.8 Å². The number of nitrogens with one attached hydrogen (secondary N) is 1. The molecule has 0 amide bonds. The minimum atomic E-state index is -0.304. The molecule has 0 spiro atoms. The molecular weight excluding hydrogens is 263 g/mol. The van der Waals surface area contributed by atoms with Crippen LogP contribution in [-0.4, -0.2) is 18.6 Å². The van der Waals surface area contributed by atoms with Gasteiger partial charge in [0.1, 0.15) is 5.82 Å². The molecule has 4 heteroatoms. The topological polar surface area (TPSA) is 15.3 Å². The first-order valence-corrected chi connectivity index (χ1v) is 7.63. The van der Waals surface area contributed by atoms with Gasteiger partial charge in [0, 0.05) is 24.7 Å². The number of fused-ring (bicyclic) bond motifs is 5. The summed E-state index contributed by atoms with van der Waals surface area (Å²) in [5, 5.41) is 3.63. The van der Waals surface area contributed by atoms with Gasteiger partial charge < -0.3 is 10.2 Å². The summed E-state index contributed by atoms with van der Waals surface area (Å²) in [5.74, 6) is 0.493. The molecule has 19 heavy (non-hydrogen) atoms. The molecule has 3 unspecified atom stereocenters. The van der Waals surface area contributed by atoms with Crippen LogP contribution >= 0.6 is 11.6 Å². The van der Waals surface area contributed by atoms with Crippen LogP contribution in [-0.2, 0) is 0 Å². The Morgan fingerprint density at radius 2 is 2.11 bits per heavy atom. The fourth-order valence-corrected chi connectivity index (χ4v) is 4.40. The summed E-state index contributed by atoms with van der Waals surface area (Å²) >= 11 is 5.89. The third-order valence-electron chi connectivity index (χ3n) is 5.04. The summed E-state index contributed by atoms with van der Waals surface area (Å²) in [7, 11) is 0. The smallest absolute Gasteiger partial charge is 0.144 e. The van der Waals surface area contributed by atoms with Crippen LogP contribution in [0.3, 0.4) is 0 Å². The Morgan fingerprint density at radius 1 is 1.26 bits per heavy atom. The Labute approximate surface area is 117 Å². The van der Waals surface area contributed by atoms with E-state index in [2.05, 4.69) is 10.2 Å². The van der Waals surface area contributed by atoms with Crippen LogP contribution in [0.5, 0.6) is 0 Å². The van der Waals surface area contributed by atoms with Crippen molar-refractivity contribution in [2.45, 2.75) is 44.2 Å². The van der Waals surface area contributed by atoms with E-state index in [4.69, 9.17) is 11.6 Å². The van der Waals surface area contributed by atoms with E-state index in [1.54, 1.807) is 12.1 Å². The third kappa shape index (κ3) is 1.74. The lowest BCUT2D eigenvalue weighted by Gasteiger charge is -2.40. The van der Waals surface area contributed by atoms with Crippen LogP contribution in [0.25, 0.3) is 0 Å². The van der Waals surface area contributed by atoms with Crippen LogP contribution in [0.2, 0.25) is 5.02 Å². The first-order chi connectivity index (χ1) is 9.24. The molecule has 3 atom stereocenters. The zero-order valence-corrected chi connectivity index (χ0v) is 11.6. The standard InChI is InChI=1S/C15H18ClFN2/c16-11-6-13-15(7-12(11)17)19-10(8-18-13)5-9-3-1-2-4-14(9)19/h6-7,9-10,14,18H,1-5,8H2. The average molecular weight is 281 g/mol. The van der Waals surface area contributed by atoms with Crippen molar-refractivity contribution < 1.29 is 4.39 Å². The predicted molar refractivity (Wildman–Crippen MR) is 76.5 cm³/mol. The molecule has 1 N–H and O–H groups in total. The van der Waals surface area contributed by atoms with E-state index in [1.807, 2.05) is 0 Å². The number of nitrogens with zero attached hydrogens (tertiary/aromatic N) is 1. The van der Waals surface area contributed by atoms with Gasteiger partial charge in [0.25, 0.3) is 0 Å². The maximum Gasteiger partial charge on any atom is 0.144 e. The summed E-state index contributed by atoms with van der Waals surface area (Å²) in [6, 6.07) is 4.49. The average Bonchev–Trinajstić information content (AvgIpc) is 2.79. The summed E-state index contributed by atoms with van der Waals surface area (Å²) < 4.78 is 13.8. The lowest BCUT2D eigenvalue weighted by Crippen LogP contribution is -2.44. The van der Waals surface area contributed by atoms with Gasteiger partial charge >= 0.3 is 0 Å². The van der Waals surface area contributed by atoms with E-state index < -0.39 is 0 Å². The van der Waals surface area contributed by atoms with Crippen molar-refractivity contribution in [2.75, 3.05) is 16.8 Å². The zero-order valence-electron chi connectivity index (χ0n) is 10.8. The van der Waals surface area contributed by atoms with Gasteiger partial charge in [0.2, 0.25) is 0 Å². The quantitative estimate of drug-likeness (QED) is 0.771. The Kier molecular flexibility index (Phi) is 2.66. The number of halogens is 2. The first kappa shape index (κ1) is 11.8. The van der Waals surface area contributed by atoms with E-state index >= 15 is 0 Å². The van der Waals surface area contributed by atoms with Gasteiger partial charge in [-0.25, -0.2) is 4.39 Å². The van der Waals surface area contributed by atoms with Crippen molar-refractivity contribution in [3.63, 3.8) is 0 Å². The number of anilines is 2. The largest absolute Gasteiger partial charge is 0.381 e. The van der Waals surface area contributed by atoms with Crippen LogP contribution < -0.4 is 10.2 Å². The molecule has 1 aromatic rings. The Hall–Kier alpha value is -0.960. The highest BCUT2D eigenvalue weighted by Gasteiger charge is 2.44. The summed E-state index contributed by atoms with van der Waals surface area (Å²) in [5.41, 5.74) is 2.02. The second-order valence-electron chi connectivity index (χ2n) is 6.07. The molecule has 0 aromatic heterocycles. The zero-order chi connectivity index (χ0) is 13.0. The minimum absolute atomic E-state index is 0.212. The minimum Gasteiger partial charge on any atom is -0.381 e. The SMILES string of the molecule is Fc1cc2c(cc1Cl)NCC1CC3CCCCC3N21. The second kappa shape index (κ2) is 4.27. The van der Waals surface area contributed by atoms with Gasteiger partial charge in [0.15, 0.2) is 0 Å². The fourth-order valence-electron chi connectivity index (χ4n) is 4.24. The number of rotatable bonds is 0. The van der Waals surface area contributed by atoms with E-state index in [9.17, 15) is 4.39 Å². The molecule has 4 rings (SSSR count). The lowest BCUT2D eigenvalue weighted by molar-refractivity contribution is 0.342. The van der Waals surface area contributed by atoms with Crippen molar-refractivity contribution in [3.05, 3.63) is 23.0 Å².